The Bertz CT molecular complexity index is 586. The van der Waals surface area contributed by atoms with Crippen molar-refractivity contribution in [3.63, 3.8) is 0 Å². The van der Waals surface area contributed by atoms with E-state index in [2.05, 4.69) is 43.4 Å². The third kappa shape index (κ3) is 7.20. The second-order valence-electron chi connectivity index (χ2n) is 9.34. The number of halogens is 1. The van der Waals surface area contributed by atoms with Crippen LogP contribution in [0, 0.1) is 23.6 Å². The van der Waals surface area contributed by atoms with Gasteiger partial charge in [-0.25, -0.2) is 4.39 Å². The Hall–Kier alpha value is -0.150. The van der Waals surface area contributed by atoms with Gasteiger partial charge in [-0.05, 0) is 72.1 Å². The molecule has 0 nitrogen and oxygen atoms in total. The molecule has 1 aliphatic carbocycles. The smallest absolute Gasteiger partial charge is 0.126 e. The van der Waals surface area contributed by atoms with Crippen molar-refractivity contribution in [1.29, 1.82) is 0 Å². The Kier molecular flexibility index (Phi) is 10.3. The predicted octanol–water partition coefficient (Wildman–Crippen LogP) is 9.04. The predicted molar refractivity (Wildman–Crippen MR) is 130 cm³/mol. The van der Waals surface area contributed by atoms with E-state index in [9.17, 15) is 4.39 Å². The number of unbranched alkanes of at least 4 members (excludes halogenated alkanes) is 4. The van der Waals surface area contributed by atoms with Crippen LogP contribution in [0.3, 0.4) is 0 Å². The molecule has 1 aliphatic heterocycles. The lowest BCUT2D eigenvalue weighted by Gasteiger charge is -2.37. The molecule has 2 fully saturated rings. The summed E-state index contributed by atoms with van der Waals surface area (Å²) < 4.78 is 15.0. The first-order valence-electron chi connectivity index (χ1n) is 12.2. The summed E-state index contributed by atoms with van der Waals surface area (Å²) in [4.78, 5) is 0. The van der Waals surface area contributed by atoms with E-state index in [1.165, 1.54) is 81.3 Å². The zero-order chi connectivity index (χ0) is 20.5. The van der Waals surface area contributed by atoms with E-state index in [1.807, 2.05) is 12.1 Å². The maximum absolute atomic E-state index is 14.5. The maximum Gasteiger partial charge on any atom is 0.126 e. The van der Waals surface area contributed by atoms with Gasteiger partial charge in [-0.15, -0.1) is 23.5 Å². The highest BCUT2D eigenvalue weighted by Gasteiger charge is 2.32. The molecular formula is C26H41FS2. The van der Waals surface area contributed by atoms with Crippen molar-refractivity contribution in [3.05, 3.63) is 35.1 Å². The van der Waals surface area contributed by atoms with Crippen LogP contribution in [0.25, 0.3) is 0 Å². The van der Waals surface area contributed by atoms with Gasteiger partial charge < -0.3 is 0 Å². The molecule has 3 heteroatoms. The Morgan fingerprint density at radius 1 is 0.862 bits per heavy atom. The molecule has 1 aromatic carbocycles. The van der Waals surface area contributed by atoms with E-state index >= 15 is 0 Å². The minimum atomic E-state index is 0.0170. The molecule has 1 saturated heterocycles. The highest BCUT2D eigenvalue weighted by molar-refractivity contribution is 8.16. The summed E-state index contributed by atoms with van der Waals surface area (Å²) in [5, 5.41) is 0. The van der Waals surface area contributed by atoms with Crippen LogP contribution in [-0.2, 0) is 6.42 Å². The van der Waals surface area contributed by atoms with Gasteiger partial charge in [-0.1, -0.05) is 77.3 Å². The Labute approximate surface area is 187 Å². The van der Waals surface area contributed by atoms with Crippen molar-refractivity contribution in [1.82, 2.24) is 0 Å². The van der Waals surface area contributed by atoms with Crippen LogP contribution in [-0.4, -0.2) is 11.5 Å². The van der Waals surface area contributed by atoms with E-state index < -0.39 is 0 Å². The molecule has 1 aromatic rings. The SMILES string of the molecule is CCCCCc1ccc([C@H]2SC[C@H](C3CCC(CCCCC)CC3)CS2)cc1F. The third-order valence-corrected chi connectivity index (χ3v) is 10.3. The summed E-state index contributed by atoms with van der Waals surface area (Å²) in [6.45, 7) is 4.50. The molecule has 3 rings (SSSR count). The van der Waals surface area contributed by atoms with Crippen molar-refractivity contribution < 1.29 is 4.39 Å². The lowest BCUT2D eigenvalue weighted by molar-refractivity contribution is 0.218. The van der Waals surface area contributed by atoms with Gasteiger partial charge in [0.15, 0.2) is 0 Å². The Balaban J connectivity index is 1.42. The summed E-state index contributed by atoms with van der Waals surface area (Å²) in [5.41, 5.74) is 2.09. The van der Waals surface area contributed by atoms with Crippen LogP contribution in [0.5, 0.6) is 0 Å². The summed E-state index contributed by atoms with van der Waals surface area (Å²) >= 11 is 4.14. The standard InChI is InChI=1S/C26H41FS2/c1-3-5-7-9-20-11-13-21(14-12-20)24-18-28-26(29-19-24)23-16-15-22(25(27)17-23)10-8-6-4-2/h15-17,20-21,24,26H,3-14,18-19H2,1-2H3/t20?,21?,24-,26-. The molecule has 0 bridgehead atoms. The summed E-state index contributed by atoms with van der Waals surface area (Å²) in [6.07, 6.45) is 15.9. The minimum absolute atomic E-state index is 0.0170. The van der Waals surface area contributed by atoms with Gasteiger partial charge in [-0.3, -0.25) is 0 Å². The van der Waals surface area contributed by atoms with E-state index in [0.717, 1.165) is 36.2 Å². The second-order valence-corrected chi connectivity index (χ2v) is 11.9. The highest BCUT2D eigenvalue weighted by Crippen LogP contribution is 2.49. The summed E-state index contributed by atoms with van der Waals surface area (Å²) in [7, 11) is 0. The zero-order valence-electron chi connectivity index (χ0n) is 18.6. The van der Waals surface area contributed by atoms with Crippen LogP contribution in [0.1, 0.15) is 100 Å². The topological polar surface area (TPSA) is 0 Å². The average Bonchev–Trinajstić information content (AvgIpc) is 2.76. The van der Waals surface area contributed by atoms with E-state index in [1.54, 1.807) is 0 Å². The van der Waals surface area contributed by atoms with Gasteiger partial charge in [0.1, 0.15) is 5.82 Å². The van der Waals surface area contributed by atoms with E-state index in [-0.39, 0.29) is 5.82 Å². The molecule has 1 heterocycles. The number of hydrogen-bond donors (Lipinski definition) is 0. The molecule has 0 radical (unpaired) electrons. The number of aryl methyl sites for hydroxylation is 1. The quantitative estimate of drug-likeness (QED) is 0.335. The third-order valence-electron chi connectivity index (χ3n) is 7.10. The summed E-state index contributed by atoms with van der Waals surface area (Å²) in [6, 6.07) is 6.07. The van der Waals surface area contributed by atoms with Crippen molar-refractivity contribution in [2.45, 2.75) is 95.5 Å². The van der Waals surface area contributed by atoms with Crippen LogP contribution in [0.2, 0.25) is 0 Å². The fraction of sp³-hybridized carbons (Fsp3) is 0.769. The first-order chi connectivity index (χ1) is 14.2. The van der Waals surface area contributed by atoms with Gasteiger partial charge >= 0.3 is 0 Å². The van der Waals surface area contributed by atoms with Gasteiger partial charge in [0, 0.05) is 0 Å². The molecule has 0 aromatic heterocycles. The monoisotopic (exact) mass is 436 g/mol. The van der Waals surface area contributed by atoms with Gasteiger partial charge in [0.25, 0.3) is 0 Å². The number of benzene rings is 1. The molecular weight excluding hydrogens is 395 g/mol. The van der Waals surface area contributed by atoms with Crippen LogP contribution in [0.4, 0.5) is 4.39 Å². The molecule has 2 aliphatic rings. The average molecular weight is 437 g/mol. The molecule has 164 valence electrons. The first kappa shape index (κ1) is 23.5. The minimum Gasteiger partial charge on any atom is -0.207 e. The van der Waals surface area contributed by atoms with Gasteiger partial charge in [0.2, 0.25) is 0 Å². The van der Waals surface area contributed by atoms with Crippen molar-refractivity contribution in [2.24, 2.45) is 17.8 Å². The normalized spacial score (nSPS) is 27.8. The van der Waals surface area contributed by atoms with Gasteiger partial charge in [0.05, 0.1) is 4.58 Å². The zero-order valence-corrected chi connectivity index (χ0v) is 20.3. The van der Waals surface area contributed by atoms with Gasteiger partial charge in [-0.2, -0.15) is 0 Å². The fourth-order valence-corrected chi connectivity index (χ4v) is 8.40. The fourth-order valence-electron chi connectivity index (χ4n) is 5.09. The highest BCUT2D eigenvalue weighted by atomic mass is 32.2. The number of hydrogen-bond acceptors (Lipinski definition) is 2. The molecule has 0 amide bonds. The molecule has 1 saturated carbocycles. The molecule has 0 N–H and O–H groups in total. The van der Waals surface area contributed by atoms with Crippen molar-refractivity contribution in [3.8, 4) is 0 Å². The first-order valence-corrected chi connectivity index (χ1v) is 14.3. The van der Waals surface area contributed by atoms with Crippen LogP contribution in [0.15, 0.2) is 18.2 Å². The Morgan fingerprint density at radius 3 is 2.21 bits per heavy atom. The van der Waals surface area contributed by atoms with E-state index in [0.29, 0.717) is 4.58 Å². The largest absolute Gasteiger partial charge is 0.207 e. The van der Waals surface area contributed by atoms with Crippen LogP contribution < -0.4 is 0 Å². The summed E-state index contributed by atoms with van der Waals surface area (Å²) in [5.74, 6) is 5.37. The van der Waals surface area contributed by atoms with E-state index in [4.69, 9.17) is 0 Å². The number of thioether (sulfide) groups is 2. The Morgan fingerprint density at radius 2 is 1.55 bits per heavy atom. The lowest BCUT2D eigenvalue weighted by atomic mass is 9.75. The number of rotatable bonds is 10. The maximum atomic E-state index is 14.5. The van der Waals surface area contributed by atoms with Crippen molar-refractivity contribution >= 4 is 23.5 Å². The molecule has 0 unspecified atom stereocenters. The molecule has 29 heavy (non-hydrogen) atoms. The van der Waals surface area contributed by atoms with Crippen LogP contribution >= 0.6 is 23.5 Å². The molecule has 0 spiro atoms. The van der Waals surface area contributed by atoms with Crippen molar-refractivity contribution in [2.75, 3.05) is 11.5 Å². The molecule has 0 atom stereocenters. The lowest BCUT2D eigenvalue weighted by Crippen LogP contribution is -2.27. The second kappa shape index (κ2) is 12.6.